The Labute approximate surface area is 140 Å². The van der Waals surface area contributed by atoms with E-state index in [1.807, 2.05) is 29.7 Å². The lowest BCUT2D eigenvalue weighted by molar-refractivity contribution is -0.0655. The molecule has 0 amide bonds. The van der Waals surface area contributed by atoms with Gasteiger partial charge in [0.05, 0.1) is 24.8 Å². The van der Waals surface area contributed by atoms with Crippen molar-refractivity contribution in [3.05, 3.63) is 39.8 Å². The highest BCUT2D eigenvalue weighted by Gasteiger charge is 2.40. The summed E-state index contributed by atoms with van der Waals surface area (Å²) < 4.78 is 7.97. The van der Waals surface area contributed by atoms with Crippen molar-refractivity contribution in [2.45, 2.75) is 44.4 Å². The lowest BCUT2D eigenvalue weighted by atomic mass is 9.76. The molecule has 0 aromatic carbocycles. The van der Waals surface area contributed by atoms with Crippen LogP contribution in [0.5, 0.6) is 0 Å². The fourth-order valence-corrected chi connectivity index (χ4v) is 3.57. The van der Waals surface area contributed by atoms with Gasteiger partial charge in [-0.1, -0.05) is 0 Å². The first-order valence-corrected chi connectivity index (χ1v) is 8.38. The third kappa shape index (κ3) is 2.50. The van der Waals surface area contributed by atoms with Gasteiger partial charge < -0.3 is 14.6 Å². The van der Waals surface area contributed by atoms with Gasteiger partial charge in [0.1, 0.15) is 17.1 Å². The van der Waals surface area contributed by atoms with Crippen molar-refractivity contribution in [2.24, 2.45) is 0 Å². The number of aromatic nitrogens is 2. The summed E-state index contributed by atoms with van der Waals surface area (Å²) in [7, 11) is 0. The van der Waals surface area contributed by atoms with Crippen molar-refractivity contribution in [3.63, 3.8) is 0 Å². The molecule has 1 aliphatic heterocycles. The SMILES string of the molecule is Cc1ccc2c(n1)c(=O)c(C#N)cn2CC1CNC2(CCC2)CO1. The van der Waals surface area contributed by atoms with Crippen LogP contribution in [0.3, 0.4) is 0 Å². The molecule has 4 rings (SSSR count). The van der Waals surface area contributed by atoms with Gasteiger partial charge in [-0.25, -0.2) is 4.98 Å². The highest BCUT2D eigenvalue weighted by molar-refractivity contribution is 5.76. The van der Waals surface area contributed by atoms with Gasteiger partial charge in [-0.2, -0.15) is 5.26 Å². The standard InChI is InChI=1S/C18H20N4O2/c1-12-3-4-15-16(21-12)17(23)13(7-19)9-22(15)10-14-8-20-18(11-24-14)5-2-6-18/h3-4,9,14,20H,2,5-6,8,10-11H2,1H3. The highest BCUT2D eigenvalue weighted by Crippen LogP contribution is 2.34. The topological polar surface area (TPSA) is 79.9 Å². The zero-order chi connectivity index (χ0) is 16.7. The minimum Gasteiger partial charge on any atom is -0.373 e. The van der Waals surface area contributed by atoms with Gasteiger partial charge in [-0.15, -0.1) is 0 Å². The first-order chi connectivity index (χ1) is 11.6. The Morgan fingerprint density at radius 1 is 1.50 bits per heavy atom. The monoisotopic (exact) mass is 324 g/mol. The predicted molar refractivity (Wildman–Crippen MR) is 89.8 cm³/mol. The zero-order valence-electron chi connectivity index (χ0n) is 13.7. The van der Waals surface area contributed by atoms with E-state index >= 15 is 0 Å². The smallest absolute Gasteiger partial charge is 0.225 e. The molecule has 1 unspecified atom stereocenters. The van der Waals surface area contributed by atoms with E-state index in [4.69, 9.17) is 4.74 Å². The van der Waals surface area contributed by atoms with Crippen molar-refractivity contribution < 1.29 is 4.74 Å². The van der Waals surface area contributed by atoms with E-state index in [1.165, 1.54) is 19.3 Å². The van der Waals surface area contributed by atoms with Crippen molar-refractivity contribution in [1.82, 2.24) is 14.9 Å². The number of rotatable bonds is 2. The Morgan fingerprint density at radius 2 is 2.33 bits per heavy atom. The number of ether oxygens (including phenoxy) is 1. The largest absolute Gasteiger partial charge is 0.373 e. The second kappa shape index (κ2) is 5.69. The number of nitrogens with zero attached hydrogens (tertiary/aromatic N) is 3. The summed E-state index contributed by atoms with van der Waals surface area (Å²) in [6.07, 6.45) is 5.28. The number of hydrogen-bond donors (Lipinski definition) is 1. The molecule has 1 saturated heterocycles. The molecule has 0 bridgehead atoms. The molecule has 124 valence electrons. The van der Waals surface area contributed by atoms with Crippen LogP contribution in [0.15, 0.2) is 23.1 Å². The maximum absolute atomic E-state index is 12.3. The Balaban J connectivity index is 1.65. The molecule has 2 aliphatic rings. The fraction of sp³-hybridized carbons (Fsp3) is 0.500. The van der Waals surface area contributed by atoms with Crippen LogP contribution in [0.25, 0.3) is 11.0 Å². The minimum atomic E-state index is -0.302. The van der Waals surface area contributed by atoms with E-state index in [9.17, 15) is 10.1 Å². The lowest BCUT2D eigenvalue weighted by Gasteiger charge is -2.47. The highest BCUT2D eigenvalue weighted by atomic mass is 16.5. The average molecular weight is 324 g/mol. The number of fused-ring (bicyclic) bond motifs is 1. The van der Waals surface area contributed by atoms with Gasteiger partial charge in [0, 0.05) is 24.0 Å². The number of hydrogen-bond acceptors (Lipinski definition) is 5. The van der Waals surface area contributed by atoms with E-state index in [1.54, 1.807) is 6.20 Å². The summed E-state index contributed by atoms with van der Waals surface area (Å²) in [5, 5.41) is 12.9. The number of pyridine rings is 2. The predicted octanol–water partition coefficient (Wildman–Crippen LogP) is 1.49. The van der Waals surface area contributed by atoms with Crippen molar-refractivity contribution in [1.29, 1.82) is 5.26 Å². The molecule has 2 aromatic heterocycles. The van der Waals surface area contributed by atoms with Crippen LogP contribution in [0.2, 0.25) is 0 Å². The number of nitrogens with one attached hydrogen (secondary N) is 1. The molecular weight excluding hydrogens is 304 g/mol. The molecule has 2 aromatic rings. The maximum Gasteiger partial charge on any atom is 0.225 e. The Kier molecular flexibility index (Phi) is 3.63. The third-order valence-electron chi connectivity index (χ3n) is 5.20. The molecule has 6 nitrogen and oxygen atoms in total. The molecule has 2 fully saturated rings. The van der Waals surface area contributed by atoms with Crippen molar-refractivity contribution >= 4 is 11.0 Å². The molecule has 3 heterocycles. The Morgan fingerprint density at radius 3 is 2.96 bits per heavy atom. The Bertz CT molecular complexity index is 882. The van der Waals surface area contributed by atoms with Crippen LogP contribution in [0, 0.1) is 18.3 Å². The lowest BCUT2D eigenvalue weighted by Crippen LogP contribution is -2.61. The molecule has 1 saturated carbocycles. The summed E-state index contributed by atoms with van der Waals surface area (Å²) in [4.78, 5) is 16.7. The summed E-state index contributed by atoms with van der Waals surface area (Å²) >= 11 is 0. The zero-order valence-corrected chi connectivity index (χ0v) is 13.7. The van der Waals surface area contributed by atoms with Crippen LogP contribution in [0.4, 0.5) is 0 Å². The quantitative estimate of drug-likeness (QED) is 0.905. The van der Waals surface area contributed by atoms with Crippen LogP contribution in [-0.2, 0) is 11.3 Å². The van der Waals surface area contributed by atoms with Crippen LogP contribution >= 0.6 is 0 Å². The first kappa shape index (κ1) is 15.3. The summed E-state index contributed by atoms with van der Waals surface area (Å²) in [6.45, 7) is 3.96. The second-order valence-electron chi connectivity index (χ2n) is 6.90. The molecular formula is C18H20N4O2. The van der Waals surface area contributed by atoms with Gasteiger partial charge >= 0.3 is 0 Å². The second-order valence-corrected chi connectivity index (χ2v) is 6.90. The molecule has 0 radical (unpaired) electrons. The summed E-state index contributed by atoms with van der Waals surface area (Å²) in [6, 6.07) is 5.76. The first-order valence-electron chi connectivity index (χ1n) is 8.38. The van der Waals surface area contributed by atoms with Crippen molar-refractivity contribution in [2.75, 3.05) is 13.2 Å². The normalized spacial score (nSPS) is 22.2. The van der Waals surface area contributed by atoms with E-state index in [0.717, 1.165) is 24.4 Å². The molecule has 1 spiro atoms. The third-order valence-corrected chi connectivity index (χ3v) is 5.20. The van der Waals surface area contributed by atoms with E-state index in [2.05, 4.69) is 10.3 Å². The van der Waals surface area contributed by atoms with E-state index < -0.39 is 0 Å². The van der Waals surface area contributed by atoms with E-state index in [-0.39, 0.29) is 22.6 Å². The summed E-state index contributed by atoms with van der Waals surface area (Å²) in [5.41, 5.74) is 1.89. The van der Waals surface area contributed by atoms with E-state index in [0.29, 0.717) is 12.1 Å². The minimum absolute atomic E-state index is 0.0229. The number of aryl methyl sites for hydroxylation is 1. The molecule has 1 atom stereocenters. The van der Waals surface area contributed by atoms with Crippen molar-refractivity contribution in [3.8, 4) is 6.07 Å². The molecule has 6 heteroatoms. The number of morpholine rings is 1. The number of nitriles is 1. The van der Waals surface area contributed by atoms with Gasteiger partial charge in [0.2, 0.25) is 5.43 Å². The van der Waals surface area contributed by atoms with Gasteiger partial charge in [-0.05, 0) is 38.3 Å². The molecule has 24 heavy (non-hydrogen) atoms. The fourth-order valence-electron chi connectivity index (χ4n) is 3.57. The molecule has 1 aliphatic carbocycles. The maximum atomic E-state index is 12.3. The van der Waals surface area contributed by atoms with Crippen LogP contribution < -0.4 is 10.7 Å². The summed E-state index contributed by atoms with van der Waals surface area (Å²) in [5.74, 6) is 0. The van der Waals surface area contributed by atoms with Crippen LogP contribution in [0.1, 0.15) is 30.5 Å². The Hall–Kier alpha value is -2.23. The van der Waals surface area contributed by atoms with Gasteiger partial charge in [0.15, 0.2) is 0 Å². The van der Waals surface area contributed by atoms with Crippen LogP contribution in [-0.4, -0.2) is 34.3 Å². The average Bonchev–Trinajstić information content (AvgIpc) is 2.56. The van der Waals surface area contributed by atoms with Gasteiger partial charge in [0.25, 0.3) is 0 Å². The molecule has 1 N–H and O–H groups in total. The van der Waals surface area contributed by atoms with Gasteiger partial charge in [-0.3, -0.25) is 4.79 Å².